The van der Waals surface area contributed by atoms with E-state index in [1.165, 1.54) is 35.5 Å². The Bertz CT molecular complexity index is 2760. The number of alkyl halides is 3. The fraction of sp³-hybridized carbons (Fsp3) is 0.500. The van der Waals surface area contributed by atoms with E-state index in [9.17, 15) is 36.5 Å². The predicted molar refractivity (Wildman–Crippen MR) is 240 cm³/mol. The van der Waals surface area contributed by atoms with Gasteiger partial charge in [0.2, 0.25) is 0 Å². The Labute approximate surface area is 376 Å². The molecule has 2 aromatic heterocycles. The summed E-state index contributed by atoms with van der Waals surface area (Å²) in [5.41, 5.74) is 2.05. The molecule has 0 bridgehead atoms. The molecule has 13 nitrogen and oxygen atoms in total. The molecule has 3 saturated carbocycles. The number of hydrogen-bond donors (Lipinski definition) is 3. The number of nitro groups is 1. The van der Waals surface area contributed by atoms with E-state index in [2.05, 4.69) is 62.7 Å². The monoisotopic (exact) mass is 913 g/mol. The third-order valence-corrected chi connectivity index (χ3v) is 16.9. The summed E-state index contributed by atoms with van der Waals surface area (Å²) >= 11 is 0. The van der Waals surface area contributed by atoms with Crippen LogP contribution in [0, 0.1) is 50.0 Å². The summed E-state index contributed by atoms with van der Waals surface area (Å²) in [7, 11) is -4.59. The maximum Gasteiger partial charge on any atom is 0.395 e. The molecule has 0 radical (unpaired) electrons. The minimum absolute atomic E-state index is 0.0638. The molecule has 17 heteroatoms. The number of sulfonamides is 1. The molecule has 4 fully saturated rings. The number of carbonyl (C=O) groups excluding carboxylic acids is 1. The van der Waals surface area contributed by atoms with Gasteiger partial charge in [-0.25, -0.2) is 18.1 Å². The molecule has 1 aliphatic heterocycles. The van der Waals surface area contributed by atoms with Crippen LogP contribution in [-0.4, -0.2) is 79.6 Å². The fourth-order valence-electron chi connectivity index (χ4n) is 12.0. The highest BCUT2D eigenvalue weighted by Crippen LogP contribution is 2.97. The number of benzene rings is 2. The number of ether oxygens (including phenoxy) is 1. The lowest BCUT2D eigenvalue weighted by atomic mass is 9.51. The van der Waals surface area contributed by atoms with Crippen molar-refractivity contribution in [3.63, 3.8) is 0 Å². The van der Waals surface area contributed by atoms with E-state index in [1.54, 1.807) is 24.4 Å². The minimum Gasteiger partial charge on any atom is -0.455 e. The van der Waals surface area contributed by atoms with Gasteiger partial charge in [-0.15, -0.1) is 0 Å². The molecule has 1 saturated heterocycles. The Hall–Kier alpha value is -5.42. The number of carbonyl (C=O) groups is 1. The molecular weight excluding hydrogens is 860 g/mol. The van der Waals surface area contributed by atoms with Crippen LogP contribution in [0.3, 0.4) is 0 Å². The van der Waals surface area contributed by atoms with Gasteiger partial charge < -0.3 is 19.9 Å². The third kappa shape index (κ3) is 7.65. The summed E-state index contributed by atoms with van der Waals surface area (Å²) in [6, 6.07) is 12.0. The number of halogens is 3. The first kappa shape index (κ1) is 43.5. The number of nitrogens with zero attached hydrogens (tertiary/aromatic N) is 4. The van der Waals surface area contributed by atoms with Crippen LogP contribution in [0.1, 0.15) is 76.1 Å². The van der Waals surface area contributed by atoms with Gasteiger partial charge in [-0.05, 0) is 116 Å². The molecule has 1 amide bonds. The van der Waals surface area contributed by atoms with Crippen LogP contribution >= 0.6 is 0 Å². The molecular formula is C48H54F3N7O6S. The van der Waals surface area contributed by atoms with Crippen molar-refractivity contribution in [1.29, 1.82) is 0 Å². The van der Waals surface area contributed by atoms with E-state index in [0.29, 0.717) is 56.5 Å². The zero-order chi connectivity index (χ0) is 45.7. The molecule has 5 aliphatic carbocycles. The van der Waals surface area contributed by atoms with E-state index >= 15 is 0 Å². The Kier molecular flexibility index (Phi) is 10.4. The zero-order valence-electron chi connectivity index (χ0n) is 36.7. The standard InChI is InChI=1S/C48H54F3N7O6S/c1-29-4-6-30(7-5-29)25-53-39-11-9-35(22-40(39)58(60)61)65(62,63)55-44(59)36-10-8-33(21-41(36)64-34-20-31-13-15-52-43(31)54-26-34)57-18-16-56(17-19-57)27-32-12-14-45(2,3)23-37(32)46-24-38-42(46)47(38,28-46)48(49,50)51/h4,6,8-11,13,15,20-22,26,29-30,38,42,53H,5,7,12,14,16-19,23-25,27-28H2,1-3H3,(H,52,54)(H,55,59)/t29-,30+,38?,42?,46?,47?/m1/s1. The number of hydrogen-bond acceptors (Lipinski definition) is 10. The lowest BCUT2D eigenvalue weighted by Crippen LogP contribution is -2.50. The molecule has 0 spiro atoms. The second-order valence-electron chi connectivity index (χ2n) is 20.2. The first-order valence-corrected chi connectivity index (χ1v) is 24.1. The Morgan fingerprint density at radius 2 is 1.86 bits per heavy atom. The van der Waals surface area contributed by atoms with Crippen molar-refractivity contribution in [3.05, 3.63) is 99.9 Å². The average molecular weight is 914 g/mol. The molecule has 3 heterocycles. The van der Waals surface area contributed by atoms with Crippen LogP contribution in [0.5, 0.6) is 11.5 Å². The van der Waals surface area contributed by atoms with Crippen molar-refractivity contribution in [2.75, 3.05) is 49.5 Å². The van der Waals surface area contributed by atoms with Gasteiger partial charge in [0.15, 0.2) is 0 Å². The summed E-state index contributed by atoms with van der Waals surface area (Å²) in [6.45, 7) is 10.5. The van der Waals surface area contributed by atoms with Crippen molar-refractivity contribution >= 4 is 44.0 Å². The van der Waals surface area contributed by atoms with Gasteiger partial charge in [0, 0.05) is 68.7 Å². The van der Waals surface area contributed by atoms with E-state index in [0.717, 1.165) is 55.8 Å². The first-order valence-electron chi connectivity index (χ1n) is 22.6. The Morgan fingerprint density at radius 1 is 1.06 bits per heavy atom. The summed E-state index contributed by atoms with van der Waals surface area (Å²) < 4.78 is 78.2. The van der Waals surface area contributed by atoms with Crippen LogP contribution in [0.4, 0.5) is 30.2 Å². The molecule has 6 atom stereocenters. The smallest absolute Gasteiger partial charge is 0.395 e. The Morgan fingerprint density at radius 3 is 2.57 bits per heavy atom. The van der Waals surface area contributed by atoms with Crippen molar-refractivity contribution in [2.45, 2.75) is 76.8 Å². The van der Waals surface area contributed by atoms with E-state index in [-0.39, 0.29) is 52.0 Å². The van der Waals surface area contributed by atoms with Crippen LogP contribution < -0.4 is 19.7 Å². The number of aromatic nitrogens is 2. The lowest BCUT2D eigenvalue weighted by molar-refractivity contribution is -0.384. The van der Waals surface area contributed by atoms with Gasteiger partial charge in [-0.2, -0.15) is 13.2 Å². The van der Waals surface area contributed by atoms with Crippen molar-refractivity contribution < 1.29 is 36.0 Å². The molecule has 4 aromatic rings. The summed E-state index contributed by atoms with van der Waals surface area (Å²) in [5, 5.41) is 16.0. The van der Waals surface area contributed by atoms with Gasteiger partial charge >= 0.3 is 6.18 Å². The average Bonchev–Trinajstić information content (AvgIpc) is 3.63. The number of aromatic amines is 1. The number of piperazine rings is 1. The van der Waals surface area contributed by atoms with Crippen molar-refractivity contribution in [2.24, 2.45) is 39.9 Å². The maximum absolute atomic E-state index is 14.1. The first-order chi connectivity index (χ1) is 30.9. The van der Waals surface area contributed by atoms with Crippen LogP contribution in [0.25, 0.3) is 11.0 Å². The molecule has 65 heavy (non-hydrogen) atoms. The second kappa shape index (κ2) is 15.6. The number of rotatable bonds is 13. The van der Waals surface area contributed by atoms with Gasteiger partial charge in [0.05, 0.1) is 27.0 Å². The normalized spacial score (nSPS) is 28.2. The second-order valence-corrected chi connectivity index (χ2v) is 21.8. The number of allylic oxidation sites excluding steroid dienone is 2. The lowest BCUT2D eigenvalue weighted by Gasteiger charge is -2.54. The highest BCUT2D eigenvalue weighted by Gasteiger charge is 2.97. The number of pyridine rings is 1. The number of H-pyrrole nitrogens is 1. The quantitative estimate of drug-likeness (QED) is 0.0669. The molecule has 4 unspecified atom stereocenters. The van der Waals surface area contributed by atoms with Gasteiger partial charge in [-0.3, -0.25) is 19.8 Å². The maximum atomic E-state index is 14.1. The molecule has 3 N–H and O–H groups in total. The van der Waals surface area contributed by atoms with Crippen molar-refractivity contribution in [1.82, 2.24) is 19.6 Å². The fourth-order valence-corrected chi connectivity index (χ4v) is 13.0. The number of nitro benzene ring substituents is 1. The highest BCUT2D eigenvalue weighted by atomic mass is 32.2. The molecule has 2 aromatic carbocycles. The number of fused-ring (bicyclic) bond motifs is 2. The van der Waals surface area contributed by atoms with E-state index in [1.807, 2.05) is 6.07 Å². The number of anilines is 2. The summed E-state index contributed by atoms with van der Waals surface area (Å²) in [6.07, 6.45) is 8.97. The van der Waals surface area contributed by atoms with E-state index in [4.69, 9.17) is 4.74 Å². The van der Waals surface area contributed by atoms with Gasteiger partial charge in [-0.1, -0.05) is 44.1 Å². The summed E-state index contributed by atoms with van der Waals surface area (Å²) in [5.74, 6) is -0.365. The SMILES string of the molecule is C[C@@H]1C=C[C@H](CNc2ccc(S(=O)(=O)NC(=O)c3ccc(N4CCN(CC5=C(C67CC8C6C8(C(F)(F)F)C7)CC(C)(C)CC5)CC4)cc3Oc3cnc4[nH]ccc4c3)cc2[N+](=O)[O-])CC1. The van der Waals surface area contributed by atoms with Crippen LogP contribution in [0.2, 0.25) is 0 Å². The largest absolute Gasteiger partial charge is 0.455 e. The third-order valence-electron chi connectivity index (χ3n) is 15.5. The number of amides is 1. The van der Waals surface area contributed by atoms with Crippen LogP contribution in [-0.2, 0) is 10.0 Å². The van der Waals surface area contributed by atoms with Crippen molar-refractivity contribution in [3.8, 4) is 11.5 Å². The molecule has 344 valence electrons. The van der Waals surface area contributed by atoms with E-state index < -0.39 is 43.0 Å². The zero-order valence-corrected chi connectivity index (χ0v) is 37.5. The highest BCUT2D eigenvalue weighted by molar-refractivity contribution is 7.90. The molecule has 6 aliphatic rings. The van der Waals surface area contributed by atoms with Crippen LogP contribution in [0.15, 0.2) is 89.1 Å². The van der Waals surface area contributed by atoms with Gasteiger partial charge in [0.25, 0.3) is 21.6 Å². The minimum atomic E-state index is -4.59. The topological polar surface area (TPSA) is 163 Å². The molecule has 10 rings (SSSR count). The predicted octanol–water partition coefficient (Wildman–Crippen LogP) is 9.61. The van der Waals surface area contributed by atoms with Gasteiger partial charge in [0.1, 0.15) is 22.8 Å². The Balaban J connectivity index is 0.857. The summed E-state index contributed by atoms with van der Waals surface area (Å²) in [4.78, 5) is 37.0. The number of nitrogens with one attached hydrogen (secondary N) is 3.